The lowest BCUT2D eigenvalue weighted by molar-refractivity contribution is -0.137. The van der Waals surface area contributed by atoms with E-state index in [4.69, 9.17) is 0 Å². The molecule has 0 aliphatic heterocycles. The van der Waals surface area contributed by atoms with Gasteiger partial charge in [-0.3, -0.25) is 9.59 Å². The zero-order chi connectivity index (χ0) is 15.7. The van der Waals surface area contributed by atoms with E-state index >= 15 is 0 Å². The van der Waals surface area contributed by atoms with E-state index in [0.717, 1.165) is 37.7 Å². The van der Waals surface area contributed by atoms with Gasteiger partial charge >= 0.3 is 0 Å². The minimum atomic E-state index is -0.453. The van der Waals surface area contributed by atoms with Crippen molar-refractivity contribution in [2.45, 2.75) is 64.9 Å². The summed E-state index contributed by atoms with van der Waals surface area (Å²) in [4.78, 5) is 25.1. The molecule has 3 heteroatoms. The maximum atomic E-state index is 12.7. The van der Waals surface area contributed by atoms with E-state index in [1.54, 1.807) is 0 Å². The lowest BCUT2D eigenvalue weighted by Gasteiger charge is -2.56. The van der Waals surface area contributed by atoms with Gasteiger partial charge in [0.2, 0.25) is 0 Å². The van der Waals surface area contributed by atoms with Gasteiger partial charge in [0.15, 0.2) is 5.78 Å². The molecule has 4 aliphatic rings. The van der Waals surface area contributed by atoms with Gasteiger partial charge < -0.3 is 5.11 Å². The summed E-state index contributed by atoms with van der Waals surface area (Å²) in [5.74, 6) is 1.93. The molecule has 6 atom stereocenters. The van der Waals surface area contributed by atoms with E-state index in [9.17, 15) is 14.7 Å². The van der Waals surface area contributed by atoms with Gasteiger partial charge in [-0.05, 0) is 66.9 Å². The largest absolute Gasteiger partial charge is 0.389 e. The molecule has 3 nitrogen and oxygen atoms in total. The van der Waals surface area contributed by atoms with Crippen molar-refractivity contribution in [3.63, 3.8) is 0 Å². The Morgan fingerprint density at radius 1 is 1.05 bits per heavy atom. The molecular formula is C19H26O3. The minimum absolute atomic E-state index is 0.0772. The Morgan fingerprint density at radius 3 is 2.50 bits per heavy atom. The van der Waals surface area contributed by atoms with Gasteiger partial charge in [-0.25, -0.2) is 0 Å². The zero-order valence-electron chi connectivity index (χ0n) is 13.6. The number of rotatable bonds is 0. The normalized spacial score (nSPS) is 51.0. The topological polar surface area (TPSA) is 54.4 Å². The predicted molar refractivity (Wildman–Crippen MR) is 83.1 cm³/mol. The number of fused-ring (bicyclic) bond motifs is 5. The van der Waals surface area contributed by atoms with Crippen LogP contribution in [0.3, 0.4) is 0 Å². The molecule has 0 saturated heterocycles. The van der Waals surface area contributed by atoms with Crippen LogP contribution in [0.1, 0.15) is 58.8 Å². The van der Waals surface area contributed by atoms with Gasteiger partial charge in [-0.1, -0.05) is 13.8 Å². The SMILES string of the molecule is C[C@]12CC[C@H](O)C=C1C(=O)C[C@@H]1[C@@H]2CC[C@]2(C)C(=O)CC[C@@H]12. The number of hydrogen-bond acceptors (Lipinski definition) is 3. The summed E-state index contributed by atoms with van der Waals surface area (Å²) >= 11 is 0. The molecule has 0 spiro atoms. The number of ketones is 2. The molecule has 120 valence electrons. The summed E-state index contributed by atoms with van der Waals surface area (Å²) in [6.45, 7) is 4.38. The Kier molecular flexibility index (Phi) is 3.01. The number of Topliss-reactive ketones (excluding diaryl/α,β-unsaturated/α-hetero) is 2. The van der Waals surface area contributed by atoms with Crippen molar-refractivity contribution in [2.75, 3.05) is 0 Å². The first-order valence-electron chi connectivity index (χ1n) is 8.83. The third-order valence-corrected chi connectivity index (χ3v) is 7.62. The number of aliphatic hydroxyl groups is 1. The molecule has 0 aromatic rings. The number of carbonyl (C=O) groups is 2. The van der Waals surface area contributed by atoms with Crippen molar-refractivity contribution in [1.82, 2.24) is 0 Å². The van der Waals surface area contributed by atoms with Gasteiger partial charge in [0, 0.05) is 18.3 Å². The van der Waals surface area contributed by atoms with Crippen LogP contribution in [-0.4, -0.2) is 22.8 Å². The van der Waals surface area contributed by atoms with Crippen molar-refractivity contribution in [2.24, 2.45) is 28.6 Å². The smallest absolute Gasteiger partial charge is 0.159 e. The monoisotopic (exact) mass is 302 g/mol. The van der Waals surface area contributed by atoms with Crippen molar-refractivity contribution in [3.8, 4) is 0 Å². The fourth-order valence-corrected chi connectivity index (χ4v) is 6.30. The highest BCUT2D eigenvalue weighted by molar-refractivity contribution is 5.98. The predicted octanol–water partition coefficient (Wildman–Crippen LogP) is 3.06. The van der Waals surface area contributed by atoms with Gasteiger partial charge in [-0.15, -0.1) is 0 Å². The summed E-state index contributed by atoms with van der Waals surface area (Å²) in [7, 11) is 0. The van der Waals surface area contributed by atoms with E-state index in [2.05, 4.69) is 13.8 Å². The lowest BCUT2D eigenvalue weighted by atomic mass is 9.47. The van der Waals surface area contributed by atoms with Crippen LogP contribution in [0.4, 0.5) is 0 Å². The number of hydrogen-bond donors (Lipinski definition) is 1. The molecular weight excluding hydrogens is 276 g/mol. The first-order chi connectivity index (χ1) is 10.4. The third-order valence-electron chi connectivity index (χ3n) is 7.62. The average Bonchev–Trinajstić information content (AvgIpc) is 2.77. The fourth-order valence-electron chi connectivity index (χ4n) is 6.30. The first-order valence-corrected chi connectivity index (χ1v) is 8.83. The van der Waals surface area contributed by atoms with Crippen LogP contribution < -0.4 is 0 Å². The Balaban J connectivity index is 1.75. The second-order valence-corrected chi connectivity index (χ2v) is 8.53. The molecule has 1 N–H and O–H groups in total. The van der Waals surface area contributed by atoms with Crippen molar-refractivity contribution < 1.29 is 14.7 Å². The molecule has 0 aromatic carbocycles. The van der Waals surface area contributed by atoms with Crippen LogP contribution in [0.5, 0.6) is 0 Å². The second kappa shape index (κ2) is 4.53. The molecule has 0 bridgehead atoms. The van der Waals surface area contributed by atoms with Gasteiger partial charge in [0.1, 0.15) is 5.78 Å². The number of carbonyl (C=O) groups excluding carboxylic acids is 2. The summed E-state index contributed by atoms with van der Waals surface area (Å²) in [5.41, 5.74) is 0.639. The standard InChI is InChI=1S/C19H26O3/c1-18-7-5-11(20)9-15(18)16(21)10-12-13-3-4-17(22)19(13,2)8-6-14(12)18/h9,11-14,20H,3-8,10H2,1-2H3/t11-,12-,13-,14-,18+,19-/m0/s1. The molecule has 0 unspecified atom stereocenters. The summed E-state index contributed by atoms with van der Waals surface area (Å²) in [5, 5.41) is 9.93. The summed E-state index contributed by atoms with van der Waals surface area (Å²) in [6, 6.07) is 0. The molecule has 0 radical (unpaired) electrons. The molecule has 4 aliphatic carbocycles. The number of allylic oxidation sites excluding steroid dienone is 1. The van der Waals surface area contributed by atoms with Crippen LogP contribution in [0.2, 0.25) is 0 Å². The Bertz CT molecular complexity index is 577. The molecule has 3 fully saturated rings. The highest BCUT2D eigenvalue weighted by atomic mass is 16.3. The summed E-state index contributed by atoms with van der Waals surface area (Å²) < 4.78 is 0. The quantitative estimate of drug-likeness (QED) is 0.748. The van der Waals surface area contributed by atoms with E-state index in [-0.39, 0.29) is 16.6 Å². The molecule has 3 saturated carbocycles. The Hall–Kier alpha value is -0.960. The molecule has 4 rings (SSSR count). The van der Waals surface area contributed by atoms with Gasteiger partial charge in [0.05, 0.1) is 6.10 Å². The first kappa shape index (κ1) is 14.6. The van der Waals surface area contributed by atoms with E-state index < -0.39 is 6.10 Å². The maximum Gasteiger partial charge on any atom is 0.159 e. The van der Waals surface area contributed by atoms with Crippen LogP contribution >= 0.6 is 0 Å². The molecule has 0 aromatic heterocycles. The average molecular weight is 302 g/mol. The fraction of sp³-hybridized carbons (Fsp3) is 0.789. The van der Waals surface area contributed by atoms with Crippen molar-refractivity contribution >= 4 is 11.6 Å². The van der Waals surface area contributed by atoms with E-state index in [1.807, 2.05) is 6.08 Å². The van der Waals surface area contributed by atoms with Crippen LogP contribution in [0.15, 0.2) is 11.6 Å². The zero-order valence-corrected chi connectivity index (χ0v) is 13.6. The molecule has 0 heterocycles. The maximum absolute atomic E-state index is 12.7. The Morgan fingerprint density at radius 2 is 1.73 bits per heavy atom. The minimum Gasteiger partial charge on any atom is -0.389 e. The number of aliphatic hydroxyl groups excluding tert-OH is 1. The van der Waals surface area contributed by atoms with Crippen LogP contribution in [-0.2, 0) is 9.59 Å². The van der Waals surface area contributed by atoms with E-state index in [0.29, 0.717) is 36.4 Å². The third kappa shape index (κ3) is 1.72. The van der Waals surface area contributed by atoms with Crippen LogP contribution in [0, 0.1) is 28.6 Å². The Labute approximate surface area is 132 Å². The van der Waals surface area contributed by atoms with Crippen LogP contribution in [0.25, 0.3) is 0 Å². The highest BCUT2D eigenvalue weighted by Gasteiger charge is 2.60. The molecule has 0 amide bonds. The summed E-state index contributed by atoms with van der Waals surface area (Å²) in [6.07, 6.45) is 7.35. The highest BCUT2D eigenvalue weighted by Crippen LogP contribution is 2.63. The van der Waals surface area contributed by atoms with E-state index in [1.165, 1.54) is 0 Å². The molecule has 22 heavy (non-hydrogen) atoms. The van der Waals surface area contributed by atoms with Gasteiger partial charge in [-0.2, -0.15) is 0 Å². The van der Waals surface area contributed by atoms with Gasteiger partial charge in [0.25, 0.3) is 0 Å². The second-order valence-electron chi connectivity index (χ2n) is 8.53. The van der Waals surface area contributed by atoms with Crippen molar-refractivity contribution in [3.05, 3.63) is 11.6 Å². The van der Waals surface area contributed by atoms with Crippen molar-refractivity contribution in [1.29, 1.82) is 0 Å². The lowest BCUT2D eigenvalue weighted by Crippen LogP contribution is -2.53.